The topological polar surface area (TPSA) is 27.1 Å². The lowest BCUT2D eigenvalue weighted by Crippen LogP contribution is -2.04. The molecule has 0 N–H and O–H groups in total. The van der Waals surface area contributed by atoms with Crippen molar-refractivity contribution >= 4 is 49.3 Å². The van der Waals surface area contributed by atoms with Crippen molar-refractivity contribution in [2.45, 2.75) is 13.8 Å². The average molecular weight is 843 g/mol. The molecule has 0 saturated carbocycles. The highest BCUT2D eigenvalue weighted by Crippen LogP contribution is 2.45. The summed E-state index contributed by atoms with van der Waals surface area (Å²) < 4.78 is 4.79. The Balaban J connectivity index is 1.19. The summed E-state index contributed by atoms with van der Waals surface area (Å²) in [6.07, 6.45) is 0. The van der Waals surface area contributed by atoms with Crippen molar-refractivity contribution in [2.24, 2.45) is 0 Å². The number of aryl methyl sites for hydroxylation is 2. The lowest BCUT2D eigenvalue weighted by atomic mass is 9.97. The summed E-state index contributed by atoms with van der Waals surface area (Å²) in [6, 6.07) is 77.6. The van der Waals surface area contributed by atoms with E-state index in [0.717, 1.165) is 83.2 Å². The monoisotopic (exact) mass is 842 g/mol. The van der Waals surface area contributed by atoms with Crippen molar-refractivity contribution < 1.29 is 0 Å². The smallest absolute Gasteiger partial charge is 0.197 e. The molecule has 66 heavy (non-hydrogen) atoms. The van der Waals surface area contributed by atoms with Crippen LogP contribution >= 0.6 is 0 Å². The number of hydrogen-bond donors (Lipinski definition) is 0. The molecule has 9 aromatic carbocycles. The molecule has 3 aromatic heterocycles. The van der Waals surface area contributed by atoms with E-state index in [-0.39, 0.29) is 0 Å². The van der Waals surface area contributed by atoms with Crippen LogP contribution in [0.1, 0.15) is 11.1 Å². The summed E-state index contributed by atoms with van der Waals surface area (Å²) >= 11 is 0. The van der Waals surface area contributed by atoms with Crippen LogP contribution in [-0.4, -0.2) is 14.1 Å². The van der Waals surface area contributed by atoms with E-state index in [4.69, 9.17) is 11.6 Å². The van der Waals surface area contributed by atoms with Crippen molar-refractivity contribution in [3.05, 3.63) is 241 Å². The zero-order chi connectivity index (χ0) is 44.3. The predicted octanol–water partition coefficient (Wildman–Crippen LogP) is 16.8. The SMILES string of the molecule is [C-]#[N+]c1cc(-n2c3ccccc3c3cc(-c4ccccc4C)ccc32)c(-n2c3ccccc3c3cc(-c4ccccc4C)ccc32)cc1-c1cc(-c2ccccc2)nc(-c2ccccc2)c1. The zero-order valence-electron chi connectivity index (χ0n) is 36.6. The van der Waals surface area contributed by atoms with Gasteiger partial charge in [0.1, 0.15) is 0 Å². The third kappa shape index (κ3) is 6.40. The van der Waals surface area contributed by atoms with Crippen LogP contribution in [0.3, 0.4) is 0 Å². The van der Waals surface area contributed by atoms with Gasteiger partial charge in [-0.2, -0.15) is 0 Å². The van der Waals surface area contributed by atoms with Gasteiger partial charge >= 0.3 is 0 Å². The first-order chi connectivity index (χ1) is 32.5. The fourth-order valence-electron chi connectivity index (χ4n) is 10.0. The van der Waals surface area contributed by atoms with Crippen molar-refractivity contribution in [1.29, 1.82) is 0 Å². The van der Waals surface area contributed by atoms with E-state index >= 15 is 0 Å². The molecule has 0 saturated heterocycles. The highest BCUT2D eigenvalue weighted by Gasteiger charge is 2.24. The summed E-state index contributed by atoms with van der Waals surface area (Å²) in [5.74, 6) is 0. The van der Waals surface area contributed by atoms with Crippen LogP contribution in [0.2, 0.25) is 0 Å². The molecule has 12 aromatic rings. The molecule has 310 valence electrons. The minimum atomic E-state index is 0.558. The van der Waals surface area contributed by atoms with E-state index in [0.29, 0.717) is 5.69 Å². The van der Waals surface area contributed by atoms with Crippen LogP contribution in [0.4, 0.5) is 5.69 Å². The first-order valence-electron chi connectivity index (χ1n) is 22.4. The second-order valence-electron chi connectivity index (χ2n) is 17.1. The van der Waals surface area contributed by atoms with Crippen molar-refractivity contribution in [3.8, 4) is 67.3 Å². The molecule has 0 aliphatic rings. The summed E-state index contributed by atoms with van der Waals surface area (Å²) in [5.41, 5.74) is 19.5. The molecule has 0 unspecified atom stereocenters. The van der Waals surface area contributed by atoms with Gasteiger partial charge in [-0.3, -0.25) is 0 Å². The van der Waals surface area contributed by atoms with E-state index < -0.39 is 0 Å². The van der Waals surface area contributed by atoms with Crippen LogP contribution in [0.25, 0.3) is 116 Å². The highest BCUT2D eigenvalue weighted by atomic mass is 15.1. The van der Waals surface area contributed by atoms with Crippen LogP contribution < -0.4 is 0 Å². The van der Waals surface area contributed by atoms with Crippen LogP contribution in [0.5, 0.6) is 0 Å². The van der Waals surface area contributed by atoms with Gasteiger partial charge in [0.05, 0.1) is 51.4 Å². The second kappa shape index (κ2) is 15.8. The Morgan fingerprint density at radius 3 is 1.26 bits per heavy atom. The third-order valence-electron chi connectivity index (χ3n) is 13.2. The number of hydrogen-bond acceptors (Lipinski definition) is 1. The quantitative estimate of drug-likeness (QED) is 0.147. The number of benzene rings is 9. The van der Waals surface area contributed by atoms with Crippen LogP contribution in [0.15, 0.2) is 218 Å². The molecular weight excluding hydrogens is 801 g/mol. The maximum absolute atomic E-state index is 8.88. The second-order valence-corrected chi connectivity index (χ2v) is 17.1. The Morgan fingerprint density at radius 2 is 0.773 bits per heavy atom. The molecular formula is C62H42N4. The maximum Gasteiger partial charge on any atom is 0.197 e. The molecule has 0 amide bonds. The number of pyridine rings is 1. The molecule has 0 spiro atoms. The fraction of sp³-hybridized carbons (Fsp3) is 0.0323. The molecule has 0 atom stereocenters. The maximum atomic E-state index is 8.88. The zero-order valence-corrected chi connectivity index (χ0v) is 36.6. The van der Waals surface area contributed by atoms with Gasteiger partial charge in [-0.25, -0.2) is 9.83 Å². The fourth-order valence-corrected chi connectivity index (χ4v) is 10.0. The summed E-state index contributed by atoms with van der Waals surface area (Å²) in [5, 5.41) is 4.64. The minimum Gasteiger partial charge on any atom is -0.308 e. The molecule has 4 heteroatoms. The Morgan fingerprint density at radius 1 is 0.348 bits per heavy atom. The molecule has 0 aliphatic heterocycles. The lowest BCUT2D eigenvalue weighted by Gasteiger charge is -2.20. The minimum absolute atomic E-state index is 0.558. The Kier molecular flexibility index (Phi) is 9.29. The first-order valence-corrected chi connectivity index (χ1v) is 22.4. The molecule has 0 aliphatic carbocycles. The van der Waals surface area contributed by atoms with Gasteiger partial charge in [0.2, 0.25) is 0 Å². The van der Waals surface area contributed by atoms with Crippen LogP contribution in [-0.2, 0) is 0 Å². The highest BCUT2D eigenvalue weighted by molar-refractivity contribution is 6.13. The van der Waals surface area contributed by atoms with Crippen molar-refractivity contribution in [1.82, 2.24) is 14.1 Å². The van der Waals surface area contributed by atoms with E-state index in [9.17, 15) is 0 Å². The van der Waals surface area contributed by atoms with Gasteiger partial charge < -0.3 is 9.13 Å². The Hall–Kier alpha value is -8.78. The van der Waals surface area contributed by atoms with Gasteiger partial charge in [-0.1, -0.05) is 158 Å². The van der Waals surface area contributed by atoms with Crippen molar-refractivity contribution in [3.63, 3.8) is 0 Å². The van der Waals surface area contributed by atoms with E-state index in [1.165, 1.54) is 38.8 Å². The normalized spacial score (nSPS) is 11.5. The number of fused-ring (bicyclic) bond motifs is 6. The molecule has 0 radical (unpaired) electrons. The standard InChI is InChI=1S/C62H42N4/c1-40-18-10-12-24-47(40)44-30-32-59-52(34-44)49-26-14-16-28-57(49)65(59)61-38-51(46-36-54(42-20-6-4-7-21-42)64-55(37-46)43-22-8-5-9-23-43)56(63-3)39-62(61)66-58-29-17-15-27-50(58)53-35-45(31-33-60(53)66)48-25-13-11-19-41(48)2/h4-39H,1-2H3. The van der Waals surface area contributed by atoms with Gasteiger partial charge in [0.25, 0.3) is 0 Å². The van der Waals surface area contributed by atoms with E-state index in [1.807, 2.05) is 36.4 Å². The van der Waals surface area contributed by atoms with Crippen molar-refractivity contribution in [2.75, 3.05) is 0 Å². The number of rotatable bonds is 7. The van der Waals surface area contributed by atoms with Gasteiger partial charge in [0, 0.05) is 32.7 Å². The lowest BCUT2D eigenvalue weighted by molar-refractivity contribution is 1.10. The third-order valence-corrected chi connectivity index (χ3v) is 13.2. The number of aromatic nitrogens is 3. The van der Waals surface area contributed by atoms with E-state index in [1.54, 1.807) is 0 Å². The number of para-hydroxylation sites is 2. The largest absolute Gasteiger partial charge is 0.308 e. The molecule has 3 heterocycles. The Bertz CT molecular complexity index is 3850. The van der Waals surface area contributed by atoms with Gasteiger partial charge in [-0.05, 0) is 119 Å². The predicted molar refractivity (Wildman–Crippen MR) is 276 cm³/mol. The summed E-state index contributed by atoms with van der Waals surface area (Å²) in [7, 11) is 0. The average Bonchev–Trinajstić information content (AvgIpc) is 3.88. The van der Waals surface area contributed by atoms with Gasteiger partial charge in [0.15, 0.2) is 5.69 Å². The first kappa shape index (κ1) is 38.9. The molecule has 0 fully saturated rings. The van der Waals surface area contributed by atoms with Gasteiger partial charge in [-0.15, -0.1) is 0 Å². The van der Waals surface area contributed by atoms with E-state index in [2.05, 4.69) is 210 Å². The molecule has 0 bridgehead atoms. The molecule has 12 rings (SSSR count). The van der Waals surface area contributed by atoms with Crippen LogP contribution in [0, 0.1) is 20.4 Å². The summed E-state index contributed by atoms with van der Waals surface area (Å²) in [6.45, 7) is 13.2. The summed E-state index contributed by atoms with van der Waals surface area (Å²) in [4.78, 5) is 9.58. The number of nitrogens with zero attached hydrogens (tertiary/aromatic N) is 4. The molecule has 4 nitrogen and oxygen atoms in total. The Labute approximate surface area is 383 Å².